The van der Waals surface area contributed by atoms with Gasteiger partial charge in [-0.15, -0.1) is 0 Å². The number of pyridine rings is 1. The van der Waals surface area contributed by atoms with E-state index in [0.29, 0.717) is 29.5 Å². The lowest BCUT2D eigenvalue weighted by Gasteiger charge is -2.29. The van der Waals surface area contributed by atoms with Crippen molar-refractivity contribution in [2.45, 2.75) is 52.0 Å². The molecule has 0 bridgehead atoms. The topological polar surface area (TPSA) is 83.6 Å². The van der Waals surface area contributed by atoms with Crippen molar-refractivity contribution in [1.82, 2.24) is 4.98 Å². The molecule has 1 aromatic heterocycles. The molecule has 170 valence electrons. The van der Waals surface area contributed by atoms with E-state index in [4.69, 9.17) is 4.74 Å². The van der Waals surface area contributed by atoms with Crippen molar-refractivity contribution in [3.05, 3.63) is 47.7 Å². The highest BCUT2D eigenvalue weighted by molar-refractivity contribution is 6.08. The number of carbonyl (C=O) groups is 2. The van der Waals surface area contributed by atoms with Gasteiger partial charge in [-0.25, -0.2) is 4.98 Å². The van der Waals surface area contributed by atoms with Crippen molar-refractivity contribution in [3.63, 3.8) is 0 Å². The number of rotatable bonds is 5. The summed E-state index contributed by atoms with van der Waals surface area (Å²) in [4.78, 5) is 31.5. The number of ether oxygens (including phenoxy) is 1. The van der Waals surface area contributed by atoms with Gasteiger partial charge in [-0.3, -0.25) is 9.59 Å². The van der Waals surface area contributed by atoms with Crippen LogP contribution in [0.25, 0.3) is 0 Å². The van der Waals surface area contributed by atoms with Crippen LogP contribution in [0.1, 0.15) is 56.5 Å². The van der Waals surface area contributed by atoms with Crippen LogP contribution in [0.2, 0.25) is 0 Å². The second kappa shape index (κ2) is 8.90. The molecule has 2 aliphatic heterocycles. The molecule has 32 heavy (non-hydrogen) atoms. The number of nitrogens with one attached hydrogen (secondary N) is 2. The molecule has 1 atom stereocenters. The zero-order chi connectivity index (χ0) is 22.9. The molecule has 4 rings (SSSR count). The van der Waals surface area contributed by atoms with Crippen LogP contribution in [-0.4, -0.2) is 42.6 Å². The molecule has 3 heterocycles. The number of fused-ring (bicyclic) bond motifs is 1. The van der Waals surface area contributed by atoms with Gasteiger partial charge in [0.2, 0.25) is 5.91 Å². The molecule has 1 fully saturated rings. The lowest BCUT2D eigenvalue weighted by atomic mass is 9.87. The summed E-state index contributed by atoms with van der Waals surface area (Å²) in [7, 11) is 0. The molecule has 0 saturated carbocycles. The van der Waals surface area contributed by atoms with Crippen LogP contribution in [0.4, 0.5) is 17.2 Å². The first-order chi connectivity index (χ1) is 15.3. The van der Waals surface area contributed by atoms with Gasteiger partial charge in [-0.1, -0.05) is 19.9 Å². The first-order valence-corrected chi connectivity index (χ1v) is 11.3. The number of amides is 2. The number of hydrogen-bond donors (Lipinski definition) is 2. The molecule has 2 N–H and O–H groups in total. The second-order valence-corrected chi connectivity index (χ2v) is 9.46. The van der Waals surface area contributed by atoms with Crippen molar-refractivity contribution in [2.24, 2.45) is 5.92 Å². The molecule has 0 aliphatic carbocycles. The SMILES string of the molecule is CC(=O)N1CC(C)(C)c2ccc(NC(=O)c3cccnc3NC(C)C3CCOCC3)cc21. The number of anilines is 3. The average molecular weight is 437 g/mol. The number of carbonyl (C=O) groups excluding carboxylic acids is 2. The third-order valence-corrected chi connectivity index (χ3v) is 6.60. The predicted molar refractivity (Wildman–Crippen MR) is 126 cm³/mol. The predicted octanol–water partition coefficient (Wildman–Crippen LogP) is 4.21. The monoisotopic (exact) mass is 436 g/mol. The van der Waals surface area contributed by atoms with Gasteiger partial charge >= 0.3 is 0 Å². The lowest BCUT2D eigenvalue weighted by Crippen LogP contribution is -2.32. The molecular formula is C25H32N4O3. The maximum atomic E-state index is 13.1. The van der Waals surface area contributed by atoms with Crippen molar-refractivity contribution < 1.29 is 14.3 Å². The molecule has 0 spiro atoms. The van der Waals surface area contributed by atoms with Gasteiger partial charge in [-0.05, 0) is 55.5 Å². The van der Waals surface area contributed by atoms with Gasteiger partial charge in [0, 0.05) is 55.7 Å². The third-order valence-electron chi connectivity index (χ3n) is 6.60. The first-order valence-electron chi connectivity index (χ1n) is 11.3. The maximum Gasteiger partial charge on any atom is 0.259 e. The van der Waals surface area contributed by atoms with Crippen LogP contribution in [0, 0.1) is 5.92 Å². The minimum atomic E-state index is -0.230. The molecule has 1 aromatic carbocycles. The Balaban J connectivity index is 1.53. The van der Waals surface area contributed by atoms with E-state index in [2.05, 4.69) is 36.4 Å². The van der Waals surface area contributed by atoms with Crippen LogP contribution in [0.15, 0.2) is 36.5 Å². The molecule has 2 aliphatic rings. The number of benzene rings is 1. The Hall–Kier alpha value is -2.93. The van der Waals surface area contributed by atoms with Gasteiger partial charge in [0.1, 0.15) is 5.82 Å². The van der Waals surface area contributed by atoms with Crippen LogP contribution in [-0.2, 0) is 14.9 Å². The lowest BCUT2D eigenvalue weighted by molar-refractivity contribution is -0.116. The molecule has 1 saturated heterocycles. The van der Waals surface area contributed by atoms with E-state index >= 15 is 0 Å². The van der Waals surface area contributed by atoms with Gasteiger partial charge < -0.3 is 20.3 Å². The normalized spacial score (nSPS) is 18.7. The number of nitrogens with zero attached hydrogens (tertiary/aromatic N) is 2. The largest absolute Gasteiger partial charge is 0.381 e. The van der Waals surface area contributed by atoms with Crippen LogP contribution in [0.5, 0.6) is 0 Å². The van der Waals surface area contributed by atoms with Gasteiger partial charge in [-0.2, -0.15) is 0 Å². The van der Waals surface area contributed by atoms with Gasteiger partial charge in [0.05, 0.1) is 5.56 Å². The van der Waals surface area contributed by atoms with E-state index in [1.165, 1.54) is 0 Å². The highest BCUT2D eigenvalue weighted by atomic mass is 16.5. The fraction of sp³-hybridized carbons (Fsp3) is 0.480. The summed E-state index contributed by atoms with van der Waals surface area (Å²) in [5.74, 6) is 0.837. The van der Waals surface area contributed by atoms with Crippen molar-refractivity contribution in [3.8, 4) is 0 Å². The highest BCUT2D eigenvalue weighted by Crippen LogP contribution is 2.41. The molecular weight excluding hydrogens is 404 g/mol. The number of hydrogen-bond acceptors (Lipinski definition) is 5. The fourth-order valence-corrected chi connectivity index (χ4v) is 4.70. The standard InChI is InChI=1S/C25H32N4O3/c1-16(18-9-12-32-13-10-18)27-23-20(6-5-11-26-23)24(31)28-19-7-8-21-22(14-19)29(17(2)30)15-25(21,3)4/h5-8,11,14,16,18H,9-10,12-13,15H2,1-4H3,(H,26,27)(H,28,31). The van der Waals surface area contributed by atoms with Crippen molar-refractivity contribution in [1.29, 1.82) is 0 Å². The molecule has 0 radical (unpaired) electrons. The summed E-state index contributed by atoms with van der Waals surface area (Å²) in [6.07, 6.45) is 3.69. The summed E-state index contributed by atoms with van der Waals surface area (Å²) < 4.78 is 5.46. The number of aromatic nitrogens is 1. The summed E-state index contributed by atoms with van der Waals surface area (Å²) >= 11 is 0. The quantitative estimate of drug-likeness (QED) is 0.734. The average Bonchev–Trinajstić information content (AvgIpc) is 3.05. The molecule has 2 amide bonds. The zero-order valence-corrected chi connectivity index (χ0v) is 19.3. The van der Waals surface area contributed by atoms with E-state index in [1.807, 2.05) is 18.2 Å². The summed E-state index contributed by atoms with van der Waals surface area (Å²) in [5, 5.41) is 6.43. The Kier molecular flexibility index (Phi) is 6.20. The van der Waals surface area contributed by atoms with E-state index in [9.17, 15) is 9.59 Å². The van der Waals surface area contributed by atoms with Crippen LogP contribution in [0.3, 0.4) is 0 Å². The van der Waals surface area contributed by atoms with Crippen molar-refractivity contribution >= 4 is 29.0 Å². The van der Waals surface area contributed by atoms with E-state index in [-0.39, 0.29) is 23.3 Å². The van der Waals surface area contributed by atoms with Crippen LogP contribution >= 0.6 is 0 Å². The van der Waals surface area contributed by atoms with Gasteiger partial charge in [0.25, 0.3) is 5.91 Å². The Morgan fingerprint density at radius 1 is 1.22 bits per heavy atom. The Labute approximate surface area is 189 Å². The Bertz CT molecular complexity index is 1010. The molecule has 7 nitrogen and oxygen atoms in total. The van der Waals surface area contributed by atoms with Crippen LogP contribution < -0.4 is 15.5 Å². The summed E-state index contributed by atoms with van der Waals surface area (Å²) in [5.41, 5.74) is 3.00. The highest BCUT2D eigenvalue weighted by Gasteiger charge is 2.37. The smallest absolute Gasteiger partial charge is 0.259 e. The fourth-order valence-electron chi connectivity index (χ4n) is 4.70. The molecule has 7 heteroatoms. The first kappa shape index (κ1) is 22.3. The minimum absolute atomic E-state index is 0.00106. The Morgan fingerprint density at radius 3 is 2.69 bits per heavy atom. The summed E-state index contributed by atoms with van der Waals surface area (Å²) in [6, 6.07) is 9.52. The summed E-state index contributed by atoms with van der Waals surface area (Å²) in [6.45, 7) is 10.1. The molecule has 1 unspecified atom stereocenters. The van der Waals surface area contributed by atoms with Crippen molar-refractivity contribution in [2.75, 3.05) is 35.3 Å². The molecule has 2 aromatic rings. The van der Waals surface area contributed by atoms with E-state index < -0.39 is 0 Å². The Morgan fingerprint density at radius 2 is 1.97 bits per heavy atom. The van der Waals surface area contributed by atoms with Gasteiger partial charge in [0.15, 0.2) is 0 Å². The van der Waals surface area contributed by atoms with E-state index in [0.717, 1.165) is 37.3 Å². The minimum Gasteiger partial charge on any atom is -0.381 e. The van der Waals surface area contributed by atoms with E-state index in [1.54, 1.807) is 30.2 Å². The second-order valence-electron chi connectivity index (χ2n) is 9.46. The maximum absolute atomic E-state index is 13.1. The third kappa shape index (κ3) is 4.48. The zero-order valence-electron chi connectivity index (χ0n) is 19.3.